The molecule has 0 unspecified atom stereocenters. The minimum Gasteiger partial charge on any atom is -0.383 e. The zero-order chi connectivity index (χ0) is 21.4. The third kappa shape index (κ3) is 3.50. The highest BCUT2D eigenvalue weighted by atomic mass is 19.2. The van der Waals surface area contributed by atoms with Gasteiger partial charge >= 0.3 is 0 Å². The minimum absolute atomic E-state index is 0.127. The topological polar surface area (TPSA) is 125 Å². The number of nitrogens with one attached hydrogen (secondary N) is 1. The molecule has 1 aromatic carbocycles. The molecular weight excluding hydrogens is 406 g/mol. The van der Waals surface area contributed by atoms with Gasteiger partial charge in [0.15, 0.2) is 17.5 Å². The Morgan fingerprint density at radius 2 is 1.94 bits per heavy atom. The number of tetrazole rings is 1. The van der Waals surface area contributed by atoms with E-state index in [-0.39, 0.29) is 23.4 Å². The summed E-state index contributed by atoms with van der Waals surface area (Å²) in [5.74, 6) is -1.80. The second kappa shape index (κ2) is 7.80. The lowest BCUT2D eigenvalue weighted by Gasteiger charge is -2.22. The number of nitrogens with zero attached hydrogens (tertiary/aromatic N) is 8. The molecule has 1 aliphatic heterocycles. The minimum atomic E-state index is -1.07. The van der Waals surface area contributed by atoms with Gasteiger partial charge in [0, 0.05) is 11.8 Å². The van der Waals surface area contributed by atoms with Crippen LogP contribution in [0.2, 0.25) is 0 Å². The lowest BCUT2D eigenvalue weighted by atomic mass is 10.1. The molecule has 0 radical (unpaired) electrons. The van der Waals surface area contributed by atoms with E-state index in [1.165, 1.54) is 12.1 Å². The average molecular weight is 424 g/mol. The monoisotopic (exact) mass is 424 g/mol. The summed E-state index contributed by atoms with van der Waals surface area (Å²) < 4.78 is 31.0. The predicted octanol–water partition coefficient (Wildman–Crippen LogP) is 1.77. The van der Waals surface area contributed by atoms with Crippen molar-refractivity contribution in [3.05, 3.63) is 48.3 Å². The van der Waals surface area contributed by atoms with E-state index in [1.807, 2.05) is 10.9 Å². The fourth-order valence-electron chi connectivity index (χ4n) is 3.63. The fraction of sp³-hybridized carbons (Fsp3) is 0.263. The van der Waals surface area contributed by atoms with E-state index in [9.17, 15) is 8.78 Å². The number of anilines is 1. The van der Waals surface area contributed by atoms with Gasteiger partial charge in [0.2, 0.25) is 0 Å². The normalized spacial score (nSPS) is 14.8. The van der Waals surface area contributed by atoms with E-state index in [0.29, 0.717) is 16.8 Å². The lowest BCUT2D eigenvalue weighted by molar-refractivity contribution is 0.337. The third-order valence-electron chi connectivity index (χ3n) is 5.28. The second-order valence-electron chi connectivity index (χ2n) is 7.21. The van der Waals surface area contributed by atoms with Crippen LogP contribution in [0.15, 0.2) is 36.7 Å². The molecule has 0 atom stereocenters. The predicted molar refractivity (Wildman–Crippen MR) is 107 cm³/mol. The lowest BCUT2D eigenvalue weighted by Crippen LogP contribution is -2.29. The second-order valence-corrected chi connectivity index (χ2v) is 7.21. The number of piperidine rings is 1. The molecule has 0 saturated carbocycles. The van der Waals surface area contributed by atoms with Crippen molar-refractivity contribution in [2.45, 2.75) is 18.9 Å². The first-order valence-corrected chi connectivity index (χ1v) is 9.73. The van der Waals surface area contributed by atoms with Gasteiger partial charge in [0.05, 0.1) is 17.8 Å². The third-order valence-corrected chi connectivity index (χ3v) is 5.28. The number of nitrogens with two attached hydrogens (primary N) is 1. The Morgan fingerprint density at radius 3 is 2.77 bits per heavy atom. The summed E-state index contributed by atoms with van der Waals surface area (Å²) in [7, 11) is 0. The van der Waals surface area contributed by atoms with Gasteiger partial charge < -0.3 is 11.1 Å². The number of pyridine rings is 1. The van der Waals surface area contributed by atoms with Crippen molar-refractivity contribution < 1.29 is 8.78 Å². The maximum Gasteiger partial charge on any atom is 0.190 e. The Labute approximate surface area is 175 Å². The quantitative estimate of drug-likeness (QED) is 0.508. The Morgan fingerprint density at radius 1 is 1.10 bits per heavy atom. The molecule has 4 heterocycles. The Balaban J connectivity index is 1.53. The Hall–Kier alpha value is -3.80. The van der Waals surface area contributed by atoms with E-state index in [0.717, 1.165) is 36.7 Å². The summed E-state index contributed by atoms with van der Waals surface area (Å²) in [4.78, 5) is 4.22. The molecule has 1 fully saturated rings. The molecular formula is C19H18F2N10. The molecule has 158 valence electrons. The molecule has 3 N–H and O–H groups in total. The maximum absolute atomic E-state index is 14.3. The van der Waals surface area contributed by atoms with Crippen LogP contribution in [-0.4, -0.2) is 53.3 Å². The van der Waals surface area contributed by atoms with Crippen LogP contribution in [0, 0.1) is 11.6 Å². The van der Waals surface area contributed by atoms with E-state index in [4.69, 9.17) is 5.73 Å². The highest BCUT2D eigenvalue weighted by Crippen LogP contribution is 2.30. The van der Waals surface area contributed by atoms with Crippen LogP contribution < -0.4 is 11.1 Å². The number of hydrogen-bond donors (Lipinski definition) is 2. The van der Waals surface area contributed by atoms with E-state index in [1.54, 1.807) is 12.3 Å². The number of benzene rings is 1. The van der Waals surface area contributed by atoms with Crippen LogP contribution in [0.5, 0.6) is 0 Å². The molecule has 3 aromatic heterocycles. The van der Waals surface area contributed by atoms with E-state index < -0.39 is 11.6 Å². The van der Waals surface area contributed by atoms with Crippen molar-refractivity contribution in [2.75, 3.05) is 18.8 Å². The molecule has 0 bridgehead atoms. The van der Waals surface area contributed by atoms with Crippen LogP contribution in [0.1, 0.15) is 18.9 Å². The summed E-state index contributed by atoms with van der Waals surface area (Å²) in [6.45, 7) is 1.87. The van der Waals surface area contributed by atoms with Crippen molar-refractivity contribution in [1.29, 1.82) is 0 Å². The van der Waals surface area contributed by atoms with E-state index >= 15 is 0 Å². The van der Waals surface area contributed by atoms with Gasteiger partial charge in [0.25, 0.3) is 0 Å². The molecule has 12 heteroatoms. The molecule has 1 aliphatic rings. The van der Waals surface area contributed by atoms with Gasteiger partial charge in [-0.2, -0.15) is 4.68 Å². The van der Waals surface area contributed by atoms with Gasteiger partial charge in [-0.15, -0.1) is 10.2 Å². The SMILES string of the molecule is Nc1ncc(-c2cn(C3CCNCC3)nn2)cc1-c1nnnn1-c1cccc(F)c1F. The highest BCUT2D eigenvalue weighted by Gasteiger charge is 2.21. The molecule has 0 spiro atoms. The summed E-state index contributed by atoms with van der Waals surface area (Å²) in [6, 6.07) is 5.75. The first kappa shape index (κ1) is 19.2. The number of nitrogen functional groups attached to an aromatic ring is 1. The first-order chi connectivity index (χ1) is 15.1. The number of hydrogen-bond acceptors (Lipinski definition) is 8. The summed E-state index contributed by atoms with van der Waals surface area (Å²) in [5, 5.41) is 23.2. The van der Waals surface area contributed by atoms with Gasteiger partial charge in [0.1, 0.15) is 17.2 Å². The van der Waals surface area contributed by atoms with Crippen molar-refractivity contribution in [3.8, 4) is 28.3 Å². The molecule has 31 heavy (non-hydrogen) atoms. The average Bonchev–Trinajstić information content (AvgIpc) is 3.47. The first-order valence-electron chi connectivity index (χ1n) is 9.73. The smallest absolute Gasteiger partial charge is 0.190 e. The van der Waals surface area contributed by atoms with E-state index in [2.05, 4.69) is 36.1 Å². The Bertz CT molecular complexity index is 1230. The maximum atomic E-state index is 14.3. The van der Waals surface area contributed by atoms with Crippen LogP contribution >= 0.6 is 0 Å². The van der Waals surface area contributed by atoms with Gasteiger partial charge in [-0.3, -0.25) is 0 Å². The molecule has 1 saturated heterocycles. The summed E-state index contributed by atoms with van der Waals surface area (Å²) in [6.07, 6.45) is 5.39. The van der Waals surface area contributed by atoms with Crippen LogP contribution in [-0.2, 0) is 0 Å². The fourth-order valence-corrected chi connectivity index (χ4v) is 3.63. The highest BCUT2D eigenvalue weighted by molar-refractivity contribution is 5.75. The summed E-state index contributed by atoms with van der Waals surface area (Å²) in [5.41, 5.74) is 7.55. The molecule has 4 aromatic rings. The Kier molecular flexibility index (Phi) is 4.82. The number of halogens is 2. The van der Waals surface area contributed by atoms with Gasteiger partial charge in [-0.25, -0.2) is 18.4 Å². The van der Waals surface area contributed by atoms with Crippen LogP contribution in [0.4, 0.5) is 14.6 Å². The standard InChI is InChI=1S/C19H18F2N10/c20-14-2-1-3-16(17(14)21)31-19(26-27-29-31)13-8-11(9-24-18(13)22)15-10-30(28-25-15)12-4-6-23-7-5-12/h1-3,8-10,12,23H,4-7H2,(H2,22,24). The van der Waals surface area contributed by atoms with Crippen LogP contribution in [0.25, 0.3) is 28.3 Å². The zero-order valence-corrected chi connectivity index (χ0v) is 16.3. The largest absolute Gasteiger partial charge is 0.383 e. The van der Waals surface area contributed by atoms with Gasteiger partial charge in [-0.1, -0.05) is 11.3 Å². The molecule has 5 rings (SSSR count). The van der Waals surface area contributed by atoms with Crippen molar-refractivity contribution in [2.24, 2.45) is 0 Å². The van der Waals surface area contributed by atoms with Crippen LogP contribution in [0.3, 0.4) is 0 Å². The van der Waals surface area contributed by atoms with Crippen molar-refractivity contribution in [3.63, 3.8) is 0 Å². The number of aromatic nitrogens is 8. The molecule has 10 nitrogen and oxygen atoms in total. The molecule has 0 amide bonds. The van der Waals surface area contributed by atoms with Crippen molar-refractivity contribution in [1.82, 2.24) is 45.5 Å². The van der Waals surface area contributed by atoms with Crippen molar-refractivity contribution >= 4 is 5.82 Å². The van der Waals surface area contributed by atoms with Gasteiger partial charge in [-0.05, 0) is 54.6 Å². The molecule has 0 aliphatic carbocycles. The summed E-state index contributed by atoms with van der Waals surface area (Å²) >= 11 is 0. The number of rotatable bonds is 4. The zero-order valence-electron chi connectivity index (χ0n) is 16.3.